The van der Waals surface area contributed by atoms with Crippen molar-refractivity contribution >= 4 is 11.3 Å². The molecule has 2 N–H and O–H groups in total. The summed E-state index contributed by atoms with van der Waals surface area (Å²) in [6.45, 7) is 0. The number of azo groups is 1. The maximum atomic E-state index is 11.1. The molecule has 0 amide bonds. The summed E-state index contributed by atoms with van der Waals surface area (Å²) < 4.78 is 0. The lowest BCUT2D eigenvalue weighted by atomic mass is 9.73. The molecule has 28 heavy (non-hydrogen) atoms. The number of aromatic hydroxyl groups is 1. The molecular formula is C24H20N2O2. The molecule has 3 aromatic carbocycles. The van der Waals surface area contributed by atoms with Crippen molar-refractivity contribution in [2.45, 2.75) is 11.6 Å². The normalized spacial score (nSPS) is 21.6. The Morgan fingerprint density at radius 2 is 1.43 bits per heavy atom. The van der Waals surface area contributed by atoms with Crippen LogP contribution in [0.2, 0.25) is 0 Å². The monoisotopic (exact) mass is 368 g/mol. The lowest BCUT2D eigenvalue weighted by Gasteiger charge is -2.37. The molecule has 0 saturated carbocycles. The summed E-state index contributed by atoms with van der Waals surface area (Å²) in [4.78, 5) is 0. The predicted molar refractivity (Wildman–Crippen MR) is 110 cm³/mol. The van der Waals surface area contributed by atoms with Gasteiger partial charge in [0.15, 0.2) is 5.54 Å². The van der Waals surface area contributed by atoms with Gasteiger partial charge in [-0.1, -0.05) is 91.0 Å². The molecule has 138 valence electrons. The van der Waals surface area contributed by atoms with Gasteiger partial charge < -0.3 is 10.2 Å². The molecule has 0 aromatic heterocycles. The van der Waals surface area contributed by atoms with E-state index in [9.17, 15) is 10.2 Å². The third-order valence-electron chi connectivity index (χ3n) is 4.89. The minimum atomic E-state index is -1.13. The largest absolute Gasteiger partial charge is 0.506 e. The number of aliphatic hydroxyl groups is 1. The van der Waals surface area contributed by atoms with E-state index in [1.165, 1.54) is 0 Å². The van der Waals surface area contributed by atoms with Crippen molar-refractivity contribution in [3.8, 4) is 5.75 Å². The van der Waals surface area contributed by atoms with E-state index in [0.29, 0.717) is 5.69 Å². The maximum absolute atomic E-state index is 11.1. The standard InChI is InChI=1S/C24H20N2O2/c27-22-16-8-7-15-21(22)25-26-24(19-12-5-2-6-13-19)20(14-9-17-23(24)28)18-10-3-1-4-11-18/h1-17,23,27-28H. The smallest absolute Gasteiger partial charge is 0.162 e. The van der Waals surface area contributed by atoms with Crippen LogP contribution in [0.15, 0.2) is 113 Å². The third kappa shape index (κ3) is 3.15. The Kier molecular flexibility index (Phi) is 4.87. The minimum Gasteiger partial charge on any atom is -0.506 e. The number of rotatable bonds is 4. The molecule has 0 radical (unpaired) electrons. The van der Waals surface area contributed by atoms with Crippen molar-refractivity contribution in [2.75, 3.05) is 0 Å². The maximum Gasteiger partial charge on any atom is 0.162 e. The summed E-state index contributed by atoms with van der Waals surface area (Å²) in [7, 11) is 0. The summed E-state index contributed by atoms with van der Waals surface area (Å²) in [6, 6.07) is 26.2. The van der Waals surface area contributed by atoms with Crippen LogP contribution in [0.5, 0.6) is 5.75 Å². The number of benzene rings is 3. The zero-order valence-corrected chi connectivity index (χ0v) is 15.2. The SMILES string of the molecule is Oc1ccccc1N=NC1(c2ccccc2)C(c2ccccc2)=CC=CC1O. The number of para-hydroxylation sites is 1. The number of hydrogen-bond acceptors (Lipinski definition) is 4. The van der Waals surface area contributed by atoms with E-state index in [0.717, 1.165) is 16.7 Å². The Morgan fingerprint density at radius 1 is 0.786 bits per heavy atom. The van der Waals surface area contributed by atoms with Gasteiger partial charge in [0.05, 0.1) is 0 Å². The van der Waals surface area contributed by atoms with Crippen LogP contribution in [0, 0.1) is 0 Å². The number of nitrogens with zero attached hydrogens (tertiary/aromatic N) is 2. The lowest BCUT2D eigenvalue weighted by molar-refractivity contribution is 0.155. The number of aliphatic hydroxyl groups excluding tert-OH is 1. The minimum absolute atomic E-state index is 0.0422. The second-order valence-corrected chi connectivity index (χ2v) is 6.60. The second kappa shape index (κ2) is 7.62. The Balaban J connectivity index is 1.93. The van der Waals surface area contributed by atoms with Crippen LogP contribution in [-0.2, 0) is 5.54 Å². The van der Waals surface area contributed by atoms with Crippen molar-refractivity contribution < 1.29 is 10.2 Å². The average Bonchev–Trinajstić information content (AvgIpc) is 2.75. The molecule has 0 heterocycles. The molecule has 4 nitrogen and oxygen atoms in total. The van der Waals surface area contributed by atoms with E-state index in [1.807, 2.05) is 72.8 Å². The van der Waals surface area contributed by atoms with E-state index >= 15 is 0 Å². The number of phenols is 1. The molecule has 0 fully saturated rings. The first-order chi connectivity index (χ1) is 13.7. The summed E-state index contributed by atoms with van der Waals surface area (Å²) in [5.74, 6) is 0.0422. The topological polar surface area (TPSA) is 65.2 Å². The molecule has 0 saturated heterocycles. The summed E-state index contributed by atoms with van der Waals surface area (Å²) in [6.07, 6.45) is 4.59. The van der Waals surface area contributed by atoms with E-state index in [1.54, 1.807) is 30.3 Å². The fourth-order valence-electron chi connectivity index (χ4n) is 3.49. The molecule has 0 bridgehead atoms. The summed E-state index contributed by atoms with van der Waals surface area (Å²) >= 11 is 0. The van der Waals surface area contributed by atoms with E-state index in [2.05, 4.69) is 10.2 Å². The van der Waals surface area contributed by atoms with Gasteiger partial charge in [-0.3, -0.25) is 0 Å². The van der Waals surface area contributed by atoms with Crippen LogP contribution < -0.4 is 0 Å². The molecule has 3 aromatic rings. The molecule has 2 atom stereocenters. The lowest BCUT2D eigenvalue weighted by Crippen LogP contribution is -2.39. The van der Waals surface area contributed by atoms with Crippen LogP contribution in [0.25, 0.3) is 5.57 Å². The number of allylic oxidation sites excluding steroid dienone is 2. The predicted octanol–water partition coefficient (Wildman–Crippen LogP) is 5.39. The zero-order chi connectivity index (χ0) is 19.4. The number of hydrogen-bond donors (Lipinski definition) is 2. The van der Waals surface area contributed by atoms with Crippen LogP contribution >= 0.6 is 0 Å². The van der Waals surface area contributed by atoms with Gasteiger partial charge in [0.2, 0.25) is 0 Å². The van der Waals surface area contributed by atoms with Crippen molar-refractivity contribution in [1.29, 1.82) is 0 Å². The summed E-state index contributed by atoms with van der Waals surface area (Å²) in [5, 5.41) is 30.2. The van der Waals surface area contributed by atoms with Crippen molar-refractivity contribution in [2.24, 2.45) is 10.2 Å². The second-order valence-electron chi connectivity index (χ2n) is 6.60. The molecule has 1 aliphatic rings. The highest BCUT2D eigenvalue weighted by Crippen LogP contribution is 2.46. The zero-order valence-electron chi connectivity index (χ0n) is 15.2. The van der Waals surface area contributed by atoms with Gasteiger partial charge in [0, 0.05) is 0 Å². The molecule has 0 spiro atoms. The Hall–Kier alpha value is -3.50. The van der Waals surface area contributed by atoms with E-state index < -0.39 is 11.6 Å². The van der Waals surface area contributed by atoms with E-state index in [4.69, 9.17) is 0 Å². The van der Waals surface area contributed by atoms with Gasteiger partial charge >= 0.3 is 0 Å². The third-order valence-corrected chi connectivity index (χ3v) is 4.89. The van der Waals surface area contributed by atoms with Gasteiger partial charge in [-0.2, -0.15) is 10.2 Å². The highest BCUT2D eigenvalue weighted by molar-refractivity contribution is 5.79. The van der Waals surface area contributed by atoms with Gasteiger partial charge in [0.25, 0.3) is 0 Å². The van der Waals surface area contributed by atoms with Gasteiger partial charge in [0.1, 0.15) is 17.5 Å². The van der Waals surface area contributed by atoms with E-state index in [-0.39, 0.29) is 5.75 Å². The van der Waals surface area contributed by atoms with Crippen LogP contribution in [-0.4, -0.2) is 16.3 Å². The highest BCUT2D eigenvalue weighted by Gasteiger charge is 2.44. The number of phenolic OH excluding ortho intramolecular Hbond substituents is 1. The molecule has 4 heteroatoms. The Bertz CT molecular complexity index is 1040. The van der Waals surface area contributed by atoms with Gasteiger partial charge in [-0.25, -0.2) is 0 Å². The molecular weight excluding hydrogens is 348 g/mol. The fraction of sp³-hybridized carbons (Fsp3) is 0.0833. The van der Waals surface area contributed by atoms with Crippen molar-refractivity contribution in [3.63, 3.8) is 0 Å². The quantitative estimate of drug-likeness (QED) is 0.607. The first-order valence-corrected chi connectivity index (χ1v) is 9.11. The highest BCUT2D eigenvalue weighted by atomic mass is 16.3. The molecule has 1 aliphatic carbocycles. The average molecular weight is 368 g/mol. The molecule has 2 unspecified atom stereocenters. The summed E-state index contributed by atoms with van der Waals surface area (Å²) in [5.41, 5.74) is 1.84. The van der Waals surface area contributed by atoms with Crippen LogP contribution in [0.1, 0.15) is 11.1 Å². The van der Waals surface area contributed by atoms with Gasteiger partial charge in [-0.05, 0) is 28.8 Å². The van der Waals surface area contributed by atoms with Crippen LogP contribution in [0.4, 0.5) is 5.69 Å². The molecule has 4 rings (SSSR count). The Morgan fingerprint density at radius 3 is 2.14 bits per heavy atom. The Labute approximate surface area is 163 Å². The van der Waals surface area contributed by atoms with Crippen LogP contribution in [0.3, 0.4) is 0 Å². The first-order valence-electron chi connectivity index (χ1n) is 9.11. The van der Waals surface area contributed by atoms with Gasteiger partial charge in [-0.15, -0.1) is 0 Å². The first kappa shape index (κ1) is 17.9. The fourth-order valence-corrected chi connectivity index (χ4v) is 3.49. The molecule has 0 aliphatic heterocycles. The van der Waals surface area contributed by atoms with Crippen molar-refractivity contribution in [3.05, 3.63) is 114 Å². The van der Waals surface area contributed by atoms with Crippen molar-refractivity contribution in [1.82, 2.24) is 0 Å².